The molecule has 1 aliphatic rings. The number of hydrogen-bond acceptors (Lipinski definition) is 3. The van der Waals surface area contributed by atoms with E-state index >= 15 is 0 Å². The molecule has 2 aromatic rings. The van der Waals surface area contributed by atoms with E-state index < -0.39 is 0 Å². The number of halogens is 1. The van der Waals surface area contributed by atoms with Crippen LogP contribution in [0.5, 0.6) is 0 Å². The first-order chi connectivity index (χ1) is 12.1. The van der Waals surface area contributed by atoms with Gasteiger partial charge >= 0.3 is 6.03 Å². The second-order valence-corrected chi connectivity index (χ2v) is 6.41. The summed E-state index contributed by atoms with van der Waals surface area (Å²) < 4.78 is 15.7. The van der Waals surface area contributed by atoms with E-state index in [1.807, 2.05) is 24.2 Å². The number of nitrogens with one attached hydrogen (secondary N) is 2. The van der Waals surface area contributed by atoms with E-state index in [9.17, 15) is 9.18 Å². The van der Waals surface area contributed by atoms with Crippen LogP contribution in [0.1, 0.15) is 18.4 Å². The Balaban J connectivity index is 1.45. The van der Waals surface area contributed by atoms with Gasteiger partial charge in [-0.25, -0.2) is 9.18 Å². The van der Waals surface area contributed by atoms with Crippen molar-refractivity contribution in [2.24, 2.45) is 7.05 Å². The fraction of sp³-hybridized carbons (Fsp3) is 0.444. The van der Waals surface area contributed by atoms with Crippen LogP contribution in [0.15, 0.2) is 36.7 Å². The van der Waals surface area contributed by atoms with Crippen molar-refractivity contribution in [1.29, 1.82) is 0 Å². The molecule has 25 heavy (non-hydrogen) atoms. The first-order valence-electron chi connectivity index (χ1n) is 8.63. The van der Waals surface area contributed by atoms with E-state index in [4.69, 9.17) is 0 Å². The van der Waals surface area contributed by atoms with Crippen molar-refractivity contribution < 1.29 is 9.18 Å². The van der Waals surface area contributed by atoms with Crippen molar-refractivity contribution >= 4 is 11.7 Å². The molecule has 1 aromatic carbocycles. The molecular formula is C18H24FN5O. The van der Waals surface area contributed by atoms with Crippen LogP contribution in [0.2, 0.25) is 0 Å². The lowest BCUT2D eigenvalue weighted by molar-refractivity contribution is 0.235. The summed E-state index contributed by atoms with van der Waals surface area (Å²) in [7, 11) is 1.87. The lowest BCUT2D eigenvalue weighted by atomic mass is 10.0. The minimum atomic E-state index is -0.218. The number of piperidine rings is 1. The van der Waals surface area contributed by atoms with Gasteiger partial charge in [0.05, 0.1) is 11.9 Å². The minimum Gasteiger partial charge on any atom is -0.367 e. The van der Waals surface area contributed by atoms with E-state index in [1.54, 1.807) is 23.0 Å². The maximum absolute atomic E-state index is 13.9. The van der Waals surface area contributed by atoms with Crippen LogP contribution in [0.25, 0.3) is 0 Å². The molecule has 0 radical (unpaired) electrons. The molecule has 2 heterocycles. The average molecular weight is 345 g/mol. The topological polar surface area (TPSA) is 62.2 Å². The van der Waals surface area contributed by atoms with Gasteiger partial charge < -0.3 is 15.5 Å². The number of amides is 2. The van der Waals surface area contributed by atoms with Gasteiger partial charge in [-0.3, -0.25) is 4.68 Å². The van der Waals surface area contributed by atoms with Gasteiger partial charge in [-0.2, -0.15) is 5.10 Å². The van der Waals surface area contributed by atoms with Crippen LogP contribution in [-0.4, -0.2) is 41.5 Å². The Labute approximate surface area is 147 Å². The van der Waals surface area contributed by atoms with Crippen molar-refractivity contribution in [3.05, 3.63) is 48.0 Å². The highest BCUT2D eigenvalue weighted by atomic mass is 19.1. The number of hydrogen-bond donors (Lipinski definition) is 2. The Morgan fingerprint density at radius 2 is 2.24 bits per heavy atom. The zero-order valence-corrected chi connectivity index (χ0v) is 14.4. The second kappa shape index (κ2) is 8.00. The van der Waals surface area contributed by atoms with Crippen molar-refractivity contribution in [3.8, 4) is 0 Å². The zero-order valence-electron chi connectivity index (χ0n) is 14.4. The summed E-state index contributed by atoms with van der Waals surface area (Å²) >= 11 is 0. The first kappa shape index (κ1) is 17.3. The van der Waals surface area contributed by atoms with Gasteiger partial charge in [-0.05, 0) is 37.0 Å². The van der Waals surface area contributed by atoms with Crippen LogP contribution < -0.4 is 15.5 Å². The van der Waals surface area contributed by atoms with E-state index in [0.29, 0.717) is 18.8 Å². The Morgan fingerprint density at radius 3 is 3.00 bits per heavy atom. The van der Waals surface area contributed by atoms with Crippen molar-refractivity contribution in [2.45, 2.75) is 25.3 Å². The van der Waals surface area contributed by atoms with Crippen molar-refractivity contribution in [2.75, 3.05) is 24.5 Å². The minimum absolute atomic E-state index is 0.0201. The number of rotatable bonds is 5. The van der Waals surface area contributed by atoms with Crippen LogP contribution in [0.4, 0.5) is 14.9 Å². The summed E-state index contributed by atoms with van der Waals surface area (Å²) in [6, 6.07) is 6.62. The standard InChI is InChI=1S/C18H24FN5O/c1-23-12-14(11-21-23)8-9-20-18(25)22-15-5-4-10-24(13-15)17-7-3-2-6-16(17)19/h2-3,6-7,11-12,15H,4-5,8-10,13H2,1H3,(H2,20,22,25). The van der Waals surface area contributed by atoms with E-state index in [0.717, 1.165) is 31.4 Å². The van der Waals surface area contributed by atoms with E-state index in [1.165, 1.54) is 6.07 Å². The Morgan fingerprint density at radius 1 is 1.40 bits per heavy atom. The smallest absolute Gasteiger partial charge is 0.315 e. The number of carbonyl (C=O) groups is 1. The summed E-state index contributed by atoms with van der Waals surface area (Å²) in [5, 5.41) is 9.97. The maximum Gasteiger partial charge on any atom is 0.315 e. The number of nitrogens with zero attached hydrogens (tertiary/aromatic N) is 3. The van der Waals surface area contributed by atoms with Crippen molar-refractivity contribution in [3.63, 3.8) is 0 Å². The molecule has 1 fully saturated rings. The average Bonchev–Trinajstić information content (AvgIpc) is 3.01. The monoisotopic (exact) mass is 345 g/mol. The van der Waals surface area contributed by atoms with Crippen LogP contribution >= 0.6 is 0 Å². The Hall–Kier alpha value is -2.57. The summed E-state index contributed by atoms with van der Waals surface area (Å²) in [4.78, 5) is 14.1. The summed E-state index contributed by atoms with van der Waals surface area (Å²) in [5.41, 5.74) is 1.69. The molecule has 0 saturated carbocycles. The molecule has 7 heteroatoms. The highest BCUT2D eigenvalue weighted by molar-refractivity contribution is 5.74. The summed E-state index contributed by atoms with van der Waals surface area (Å²) in [6.45, 7) is 1.99. The van der Waals surface area contributed by atoms with Gasteiger partial charge in [-0.15, -0.1) is 0 Å². The Bertz CT molecular complexity index is 717. The van der Waals surface area contributed by atoms with Gasteiger partial charge in [-0.1, -0.05) is 12.1 Å². The maximum atomic E-state index is 13.9. The fourth-order valence-corrected chi connectivity index (χ4v) is 3.18. The summed E-state index contributed by atoms with van der Waals surface area (Å²) in [5.74, 6) is -0.218. The predicted octanol–water partition coefficient (Wildman–Crippen LogP) is 2.07. The third-order valence-electron chi connectivity index (χ3n) is 4.41. The molecule has 2 amide bonds. The molecule has 6 nitrogen and oxygen atoms in total. The fourth-order valence-electron chi connectivity index (χ4n) is 3.18. The first-order valence-corrected chi connectivity index (χ1v) is 8.63. The largest absolute Gasteiger partial charge is 0.367 e. The number of urea groups is 1. The molecule has 1 aromatic heterocycles. The third-order valence-corrected chi connectivity index (χ3v) is 4.41. The zero-order chi connectivity index (χ0) is 17.6. The van der Waals surface area contributed by atoms with Crippen LogP contribution in [-0.2, 0) is 13.5 Å². The number of aromatic nitrogens is 2. The molecule has 2 N–H and O–H groups in total. The number of anilines is 1. The van der Waals surface area contributed by atoms with Crippen molar-refractivity contribution in [1.82, 2.24) is 20.4 Å². The molecule has 1 aliphatic heterocycles. The molecule has 1 saturated heterocycles. The molecule has 134 valence electrons. The van der Waals surface area contributed by atoms with Gasteiger partial charge in [0.25, 0.3) is 0 Å². The molecule has 0 spiro atoms. The number of carbonyl (C=O) groups excluding carboxylic acids is 1. The molecule has 0 bridgehead atoms. The van der Waals surface area contributed by atoms with Crippen LogP contribution in [0, 0.1) is 5.82 Å². The SMILES string of the molecule is Cn1cc(CCNC(=O)NC2CCCN(c3ccccc3F)C2)cn1. The highest BCUT2D eigenvalue weighted by Crippen LogP contribution is 2.22. The van der Waals surface area contributed by atoms with Gasteiger partial charge in [0, 0.05) is 38.9 Å². The molecule has 1 unspecified atom stereocenters. The predicted molar refractivity (Wildman–Crippen MR) is 95.1 cm³/mol. The number of para-hydroxylation sites is 1. The lowest BCUT2D eigenvalue weighted by Crippen LogP contribution is -2.51. The summed E-state index contributed by atoms with van der Waals surface area (Å²) in [6.07, 6.45) is 6.31. The van der Waals surface area contributed by atoms with E-state index in [-0.39, 0.29) is 17.9 Å². The molecule has 1 atom stereocenters. The lowest BCUT2D eigenvalue weighted by Gasteiger charge is -2.34. The third kappa shape index (κ3) is 4.71. The Kier molecular flexibility index (Phi) is 5.53. The van der Waals surface area contributed by atoms with Gasteiger partial charge in [0.15, 0.2) is 0 Å². The number of benzene rings is 1. The second-order valence-electron chi connectivity index (χ2n) is 6.41. The molecule has 0 aliphatic carbocycles. The normalized spacial score (nSPS) is 17.4. The highest BCUT2D eigenvalue weighted by Gasteiger charge is 2.23. The number of aryl methyl sites for hydroxylation is 1. The quantitative estimate of drug-likeness (QED) is 0.872. The molecule has 3 rings (SSSR count). The van der Waals surface area contributed by atoms with Crippen LogP contribution in [0.3, 0.4) is 0 Å². The van der Waals surface area contributed by atoms with Gasteiger partial charge in [0.2, 0.25) is 0 Å². The van der Waals surface area contributed by atoms with Gasteiger partial charge in [0.1, 0.15) is 5.82 Å². The van der Waals surface area contributed by atoms with E-state index in [2.05, 4.69) is 15.7 Å². The molecular weight excluding hydrogens is 321 g/mol.